The molecule has 2 saturated heterocycles. The minimum Gasteiger partial charge on any atom is -0.495 e. The van der Waals surface area contributed by atoms with E-state index in [0.717, 1.165) is 24.4 Å². The molecule has 1 aromatic rings. The molecule has 3 rings (SSSR count). The molecule has 0 amide bonds. The lowest BCUT2D eigenvalue weighted by molar-refractivity contribution is 0.280. The summed E-state index contributed by atoms with van der Waals surface area (Å²) < 4.78 is 5.44. The number of anilines is 1. The molecule has 2 heterocycles. The smallest absolute Gasteiger partial charge is 0.141 e. The van der Waals surface area contributed by atoms with Gasteiger partial charge in [0.2, 0.25) is 0 Å². The number of hydrogen-bond acceptors (Lipinski definition) is 4. The Bertz CT molecular complexity index is 451. The highest BCUT2D eigenvalue weighted by Gasteiger charge is 2.48. The third-order valence-electron chi connectivity index (χ3n) is 4.70. The highest BCUT2D eigenvalue weighted by atomic mass is 16.5. The van der Waals surface area contributed by atoms with Crippen LogP contribution in [0, 0.1) is 0 Å². The molecule has 2 aliphatic rings. The Balaban J connectivity index is 1.87. The Morgan fingerprint density at radius 3 is 3.05 bits per heavy atom. The summed E-state index contributed by atoms with van der Waals surface area (Å²) in [6.07, 6.45) is 3.66. The van der Waals surface area contributed by atoms with Crippen molar-refractivity contribution in [1.29, 1.82) is 0 Å². The second-order valence-electron chi connectivity index (χ2n) is 5.63. The van der Waals surface area contributed by atoms with E-state index in [1.54, 1.807) is 7.11 Å². The van der Waals surface area contributed by atoms with E-state index >= 15 is 0 Å². The SMILES string of the molecule is COc1ccccc1NC1(CN)CCN2CCCC21. The van der Waals surface area contributed by atoms with Crippen LogP contribution in [-0.4, -0.2) is 43.2 Å². The van der Waals surface area contributed by atoms with Gasteiger partial charge in [-0.2, -0.15) is 0 Å². The van der Waals surface area contributed by atoms with E-state index in [9.17, 15) is 0 Å². The third kappa shape index (κ3) is 2.09. The van der Waals surface area contributed by atoms with Gasteiger partial charge in [0.05, 0.1) is 18.3 Å². The van der Waals surface area contributed by atoms with Crippen LogP contribution in [-0.2, 0) is 0 Å². The van der Waals surface area contributed by atoms with Crippen molar-refractivity contribution >= 4 is 5.69 Å². The van der Waals surface area contributed by atoms with E-state index in [0.29, 0.717) is 12.6 Å². The molecule has 19 heavy (non-hydrogen) atoms. The second kappa shape index (κ2) is 5.02. The minimum absolute atomic E-state index is 0.00509. The molecule has 0 radical (unpaired) electrons. The molecule has 1 aromatic carbocycles. The monoisotopic (exact) mass is 261 g/mol. The largest absolute Gasteiger partial charge is 0.495 e. The molecule has 4 heteroatoms. The van der Waals surface area contributed by atoms with Crippen molar-refractivity contribution < 1.29 is 4.74 Å². The molecule has 2 fully saturated rings. The molecule has 2 atom stereocenters. The lowest BCUT2D eigenvalue weighted by Crippen LogP contribution is -2.53. The molecule has 0 spiro atoms. The second-order valence-corrected chi connectivity index (χ2v) is 5.63. The average molecular weight is 261 g/mol. The maximum atomic E-state index is 6.13. The molecule has 2 aliphatic heterocycles. The van der Waals surface area contributed by atoms with E-state index in [-0.39, 0.29) is 5.54 Å². The topological polar surface area (TPSA) is 50.5 Å². The number of methoxy groups -OCH3 is 1. The number of fused-ring (bicyclic) bond motifs is 1. The van der Waals surface area contributed by atoms with Gasteiger partial charge >= 0.3 is 0 Å². The maximum absolute atomic E-state index is 6.13. The zero-order valence-corrected chi connectivity index (χ0v) is 11.6. The van der Waals surface area contributed by atoms with Gasteiger partial charge in [0.25, 0.3) is 0 Å². The molecule has 0 aliphatic carbocycles. The first-order chi connectivity index (χ1) is 9.29. The summed E-state index contributed by atoms with van der Waals surface area (Å²) in [6.45, 7) is 3.05. The van der Waals surface area contributed by atoms with E-state index in [4.69, 9.17) is 10.5 Å². The summed E-state index contributed by atoms with van der Waals surface area (Å²) in [6, 6.07) is 8.68. The van der Waals surface area contributed by atoms with Gasteiger partial charge in [-0.05, 0) is 37.9 Å². The first kappa shape index (κ1) is 12.8. The summed E-state index contributed by atoms with van der Waals surface area (Å²) in [4.78, 5) is 2.58. The van der Waals surface area contributed by atoms with Crippen molar-refractivity contribution in [3.05, 3.63) is 24.3 Å². The first-order valence-corrected chi connectivity index (χ1v) is 7.14. The molecular formula is C15H23N3O. The van der Waals surface area contributed by atoms with Crippen molar-refractivity contribution in [2.75, 3.05) is 32.1 Å². The van der Waals surface area contributed by atoms with Crippen LogP contribution >= 0.6 is 0 Å². The van der Waals surface area contributed by atoms with Crippen LogP contribution in [0.15, 0.2) is 24.3 Å². The summed E-state index contributed by atoms with van der Waals surface area (Å²) in [7, 11) is 1.71. The van der Waals surface area contributed by atoms with Crippen LogP contribution in [0.4, 0.5) is 5.69 Å². The Morgan fingerprint density at radius 2 is 2.26 bits per heavy atom. The van der Waals surface area contributed by atoms with Gasteiger partial charge in [0.1, 0.15) is 5.75 Å². The summed E-state index contributed by atoms with van der Waals surface area (Å²) in [5.41, 5.74) is 7.20. The van der Waals surface area contributed by atoms with Gasteiger partial charge in [-0.25, -0.2) is 0 Å². The zero-order valence-electron chi connectivity index (χ0n) is 11.6. The van der Waals surface area contributed by atoms with Crippen LogP contribution < -0.4 is 15.8 Å². The van der Waals surface area contributed by atoms with E-state index in [2.05, 4.69) is 16.3 Å². The molecule has 0 aromatic heterocycles. The Labute approximate surface area is 114 Å². The van der Waals surface area contributed by atoms with Gasteiger partial charge < -0.3 is 15.8 Å². The van der Waals surface area contributed by atoms with E-state index in [1.165, 1.54) is 19.4 Å². The number of ether oxygens (including phenoxy) is 1. The van der Waals surface area contributed by atoms with E-state index < -0.39 is 0 Å². The van der Waals surface area contributed by atoms with Crippen LogP contribution in [0.25, 0.3) is 0 Å². The quantitative estimate of drug-likeness (QED) is 0.865. The molecule has 4 nitrogen and oxygen atoms in total. The number of nitrogens with zero attached hydrogens (tertiary/aromatic N) is 1. The fourth-order valence-electron chi connectivity index (χ4n) is 3.68. The van der Waals surface area contributed by atoms with Gasteiger partial charge in [0, 0.05) is 19.1 Å². The Morgan fingerprint density at radius 1 is 1.42 bits per heavy atom. The number of para-hydroxylation sites is 2. The van der Waals surface area contributed by atoms with E-state index in [1.807, 2.05) is 18.2 Å². The summed E-state index contributed by atoms with van der Waals surface area (Å²) in [5.74, 6) is 0.895. The fourth-order valence-corrected chi connectivity index (χ4v) is 3.68. The van der Waals surface area contributed by atoms with Crippen LogP contribution in [0.1, 0.15) is 19.3 Å². The minimum atomic E-state index is 0.00509. The van der Waals surface area contributed by atoms with Gasteiger partial charge in [-0.1, -0.05) is 12.1 Å². The molecule has 2 unspecified atom stereocenters. The summed E-state index contributed by atoms with van der Waals surface area (Å²) in [5, 5.41) is 3.70. The third-order valence-corrected chi connectivity index (χ3v) is 4.70. The van der Waals surface area contributed by atoms with Crippen molar-refractivity contribution in [3.63, 3.8) is 0 Å². The van der Waals surface area contributed by atoms with Crippen molar-refractivity contribution in [3.8, 4) is 5.75 Å². The van der Waals surface area contributed by atoms with Crippen molar-refractivity contribution in [1.82, 2.24) is 4.90 Å². The van der Waals surface area contributed by atoms with Crippen molar-refractivity contribution in [2.45, 2.75) is 30.8 Å². The predicted octanol–water partition coefficient (Wildman–Crippen LogP) is 1.67. The van der Waals surface area contributed by atoms with Crippen LogP contribution in [0.2, 0.25) is 0 Å². The number of benzene rings is 1. The van der Waals surface area contributed by atoms with Crippen LogP contribution in [0.3, 0.4) is 0 Å². The Kier molecular flexibility index (Phi) is 3.37. The lowest BCUT2D eigenvalue weighted by atomic mass is 9.88. The number of rotatable bonds is 4. The number of nitrogens with two attached hydrogens (primary N) is 1. The number of hydrogen-bond donors (Lipinski definition) is 2. The van der Waals surface area contributed by atoms with Gasteiger partial charge in [-0.15, -0.1) is 0 Å². The predicted molar refractivity (Wildman–Crippen MR) is 77.6 cm³/mol. The van der Waals surface area contributed by atoms with Gasteiger partial charge in [-0.3, -0.25) is 4.90 Å². The highest BCUT2D eigenvalue weighted by Crippen LogP contribution is 2.39. The first-order valence-electron chi connectivity index (χ1n) is 7.14. The lowest BCUT2D eigenvalue weighted by Gasteiger charge is -2.36. The Hall–Kier alpha value is -1.26. The molecule has 0 saturated carbocycles. The molecule has 104 valence electrons. The zero-order chi connectivity index (χ0) is 13.3. The maximum Gasteiger partial charge on any atom is 0.141 e. The number of nitrogens with one attached hydrogen (secondary N) is 1. The standard InChI is InChI=1S/C15H23N3O/c1-19-13-6-3-2-5-12(13)17-15(11-16)8-10-18-9-4-7-14(15)18/h2-3,5-6,14,17H,4,7-11,16H2,1H3. The highest BCUT2D eigenvalue weighted by molar-refractivity contribution is 5.58. The molecule has 0 bridgehead atoms. The normalized spacial score (nSPS) is 30.3. The summed E-state index contributed by atoms with van der Waals surface area (Å²) >= 11 is 0. The molecule has 3 N–H and O–H groups in total. The van der Waals surface area contributed by atoms with Crippen LogP contribution in [0.5, 0.6) is 5.75 Å². The van der Waals surface area contributed by atoms with Crippen molar-refractivity contribution in [2.24, 2.45) is 5.73 Å². The molecular weight excluding hydrogens is 238 g/mol. The average Bonchev–Trinajstić information content (AvgIpc) is 3.03. The fraction of sp³-hybridized carbons (Fsp3) is 0.600. The van der Waals surface area contributed by atoms with Gasteiger partial charge in [0.15, 0.2) is 0 Å².